The molecule has 1 aromatic rings. The van der Waals surface area contributed by atoms with E-state index in [1.807, 2.05) is 25.1 Å². The Morgan fingerprint density at radius 1 is 1.45 bits per heavy atom. The van der Waals surface area contributed by atoms with E-state index >= 15 is 0 Å². The van der Waals surface area contributed by atoms with Crippen LogP contribution in [0.25, 0.3) is 0 Å². The summed E-state index contributed by atoms with van der Waals surface area (Å²) in [6, 6.07) is 7.53. The van der Waals surface area contributed by atoms with E-state index in [2.05, 4.69) is 24.1 Å². The van der Waals surface area contributed by atoms with Crippen molar-refractivity contribution in [3.63, 3.8) is 0 Å². The van der Waals surface area contributed by atoms with Crippen LogP contribution >= 0.6 is 0 Å². The average molecular weight is 273 g/mol. The number of hydrogen-bond donors (Lipinski definition) is 2. The molecule has 1 aromatic carbocycles. The zero-order chi connectivity index (χ0) is 15.1. The first-order chi connectivity index (χ1) is 9.53. The first-order valence-corrected chi connectivity index (χ1v) is 6.49. The highest BCUT2D eigenvalue weighted by Crippen LogP contribution is 2.22. The van der Waals surface area contributed by atoms with Crippen LogP contribution in [0.2, 0.25) is 0 Å². The molecule has 0 spiro atoms. The van der Waals surface area contributed by atoms with Crippen molar-refractivity contribution in [3.05, 3.63) is 35.5 Å². The van der Waals surface area contributed by atoms with Crippen molar-refractivity contribution >= 4 is 17.3 Å². The molecule has 0 aliphatic heterocycles. The van der Waals surface area contributed by atoms with E-state index in [1.54, 1.807) is 6.07 Å². The van der Waals surface area contributed by atoms with E-state index in [4.69, 9.17) is 10.4 Å². The number of rotatable bonds is 6. The Hall–Kier alpha value is -2.48. The lowest BCUT2D eigenvalue weighted by Crippen LogP contribution is -2.21. The first-order valence-electron chi connectivity index (χ1n) is 6.49. The van der Waals surface area contributed by atoms with Gasteiger partial charge in [0, 0.05) is 30.7 Å². The molecule has 0 aliphatic rings. The van der Waals surface area contributed by atoms with E-state index in [0.29, 0.717) is 0 Å². The van der Waals surface area contributed by atoms with E-state index in [1.165, 1.54) is 6.20 Å². The summed E-state index contributed by atoms with van der Waals surface area (Å²) in [5.41, 5.74) is 2.58. The molecule has 1 rings (SSSR count). The predicted molar refractivity (Wildman–Crippen MR) is 79.7 cm³/mol. The maximum absolute atomic E-state index is 10.7. The van der Waals surface area contributed by atoms with Crippen molar-refractivity contribution in [1.29, 1.82) is 5.26 Å². The van der Waals surface area contributed by atoms with Crippen LogP contribution in [0.1, 0.15) is 19.4 Å². The number of carboxylic acid groups (broad SMARTS) is 1. The van der Waals surface area contributed by atoms with Gasteiger partial charge >= 0.3 is 5.97 Å². The minimum absolute atomic E-state index is 0.322. The molecule has 0 saturated heterocycles. The third-order valence-corrected chi connectivity index (χ3v) is 3.06. The summed E-state index contributed by atoms with van der Waals surface area (Å²) >= 11 is 0. The molecule has 0 heterocycles. The Balaban J connectivity index is 2.95. The van der Waals surface area contributed by atoms with Gasteiger partial charge in [-0.2, -0.15) is 5.26 Å². The van der Waals surface area contributed by atoms with Gasteiger partial charge in [0.2, 0.25) is 0 Å². The molecular formula is C15H19N3O2. The van der Waals surface area contributed by atoms with Crippen molar-refractivity contribution in [2.24, 2.45) is 0 Å². The highest BCUT2D eigenvalue weighted by molar-refractivity contribution is 5.91. The normalized spacial score (nSPS) is 10.8. The highest BCUT2D eigenvalue weighted by Gasteiger charge is 2.07. The summed E-state index contributed by atoms with van der Waals surface area (Å²) in [7, 11) is 0. The molecule has 20 heavy (non-hydrogen) atoms. The fraction of sp³-hybridized carbons (Fsp3) is 0.333. The monoisotopic (exact) mass is 273 g/mol. The topological polar surface area (TPSA) is 76.4 Å². The molecule has 106 valence electrons. The van der Waals surface area contributed by atoms with Crippen LogP contribution in [0.15, 0.2) is 30.0 Å². The quantitative estimate of drug-likeness (QED) is 0.615. The molecule has 0 aliphatic carbocycles. The van der Waals surface area contributed by atoms with Gasteiger partial charge < -0.3 is 15.3 Å². The Kier molecular flexibility index (Phi) is 5.60. The predicted octanol–water partition coefficient (Wildman–Crippen LogP) is 2.75. The summed E-state index contributed by atoms with van der Waals surface area (Å²) in [6.45, 7) is 8.00. The Morgan fingerprint density at radius 3 is 2.55 bits per heavy atom. The maximum Gasteiger partial charge on any atom is 0.347 e. The fourth-order valence-corrected chi connectivity index (χ4v) is 1.89. The number of aryl methyl sites for hydroxylation is 1. The molecule has 5 nitrogen and oxygen atoms in total. The van der Waals surface area contributed by atoms with Gasteiger partial charge in [0.1, 0.15) is 6.07 Å². The number of aliphatic carboxylic acids is 1. The summed E-state index contributed by atoms with van der Waals surface area (Å²) < 4.78 is 0. The second-order valence-electron chi connectivity index (χ2n) is 4.29. The molecular weight excluding hydrogens is 254 g/mol. The summed E-state index contributed by atoms with van der Waals surface area (Å²) in [6.07, 6.45) is 1.21. The lowest BCUT2D eigenvalue weighted by Gasteiger charge is -2.22. The van der Waals surface area contributed by atoms with E-state index in [9.17, 15) is 4.79 Å². The first kappa shape index (κ1) is 15.6. The second-order valence-corrected chi connectivity index (χ2v) is 4.29. The molecule has 0 radical (unpaired) electrons. The number of nitriles is 1. The van der Waals surface area contributed by atoms with Crippen LogP contribution in [0.3, 0.4) is 0 Å². The van der Waals surface area contributed by atoms with Crippen molar-refractivity contribution in [2.75, 3.05) is 23.3 Å². The molecule has 0 atom stereocenters. The van der Waals surface area contributed by atoms with Crippen LogP contribution in [0, 0.1) is 18.3 Å². The van der Waals surface area contributed by atoms with E-state index in [0.717, 1.165) is 30.0 Å². The van der Waals surface area contributed by atoms with Gasteiger partial charge in [-0.05, 0) is 44.5 Å². The lowest BCUT2D eigenvalue weighted by atomic mass is 10.1. The van der Waals surface area contributed by atoms with E-state index < -0.39 is 5.97 Å². The number of benzene rings is 1. The third-order valence-electron chi connectivity index (χ3n) is 3.06. The lowest BCUT2D eigenvalue weighted by molar-refractivity contribution is -0.132. The van der Waals surface area contributed by atoms with Gasteiger partial charge in [0.15, 0.2) is 5.57 Å². The maximum atomic E-state index is 10.7. The number of nitrogens with zero attached hydrogens (tertiary/aromatic N) is 2. The molecule has 0 amide bonds. The van der Waals surface area contributed by atoms with Gasteiger partial charge in [-0.3, -0.25) is 0 Å². The Bertz CT molecular complexity index is 555. The molecule has 0 aromatic heterocycles. The molecule has 0 bridgehead atoms. The van der Waals surface area contributed by atoms with Gasteiger partial charge in [0.25, 0.3) is 0 Å². The van der Waals surface area contributed by atoms with Crippen LogP contribution < -0.4 is 10.2 Å². The van der Waals surface area contributed by atoms with Crippen molar-refractivity contribution in [2.45, 2.75) is 20.8 Å². The van der Waals surface area contributed by atoms with Crippen molar-refractivity contribution in [1.82, 2.24) is 0 Å². The van der Waals surface area contributed by atoms with Crippen molar-refractivity contribution < 1.29 is 9.90 Å². The number of anilines is 2. The molecule has 0 fully saturated rings. The number of carboxylic acids is 1. The number of hydrogen-bond acceptors (Lipinski definition) is 4. The summed E-state index contributed by atoms with van der Waals surface area (Å²) in [5.74, 6) is -1.24. The molecule has 5 heteroatoms. The number of carbonyl (C=O) groups is 1. The second kappa shape index (κ2) is 7.19. The van der Waals surface area contributed by atoms with Gasteiger partial charge in [-0.15, -0.1) is 0 Å². The smallest absolute Gasteiger partial charge is 0.347 e. The Morgan fingerprint density at radius 2 is 2.10 bits per heavy atom. The zero-order valence-electron chi connectivity index (χ0n) is 12.0. The minimum Gasteiger partial charge on any atom is -0.477 e. The van der Waals surface area contributed by atoms with Gasteiger partial charge in [-0.1, -0.05) is 0 Å². The summed E-state index contributed by atoms with van der Waals surface area (Å²) in [5, 5.41) is 20.3. The highest BCUT2D eigenvalue weighted by atomic mass is 16.4. The van der Waals surface area contributed by atoms with Crippen LogP contribution in [0.5, 0.6) is 0 Å². The fourth-order valence-electron chi connectivity index (χ4n) is 1.89. The average Bonchev–Trinajstić information content (AvgIpc) is 2.42. The molecule has 2 N–H and O–H groups in total. The van der Waals surface area contributed by atoms with E-state index in [-0.39, 0.29) is 5.57 Å². The molecule has 0 saturated carbocycles. The molecule has 0 unspecified atom stereocenters. The Labute approximate surface area is 119 Å². The zero-order valence-corrected chi connectivity index (χ0v) is 12.0. The standard InChI is InChI=1S/C15H19N3O2/c1-4-18(5-2)13-6-7-14(11(3)8-13)17-10-12(9-16)15(19)20/h6-8,10,17H,4-5H2,1-3H3,(H,19,20). The van der Waals surface area contributed by atoms with Gasteiger partial charge in [-0.25, -0.2) is 4.79 Å². The largest absolute Gasteiger partial charge is 0.477 e. The summed E-state index contributed by atoms with van der Waals surface area (Å²) in [4.78, 5) is 12.9. The van der Waals surface area contributed by atoms with Crippen LogP contribution in [0.4, 0.5) is 11.4 Å². The SMILES string of the molecule is CCN(CC)c1ccc(NC=C(C#N)C(=O)O)c(C)c1. The van der Waals surface area contributed by atoms with Crippen molar-refractivity contribution in [3.8, 4) is 6.07 Å². The number of nitrogens with one attached hydrogen (secondary N) is 1. The third kappa shape index (κ3) is 3.75. The van der Waals surface area contributed by atoms with Crippen LogP contribution in [-0.2, 0) is 4.79 Å². The van der Waals surface area contributed by atoms with Gasteiger partial charge in [0.05, 0.1) is 0 Å². The van der Waals surface area contributed by atoms with Crippen LogP contribution in [-0.4, -0.2) is 24.2 Å². The minimum atomic E-state index is -1.24.